The Morgan fingerprint density at radius 1 is 0.963 bits per heavy atom. The highest BCUT2D eigenvalue weighted by molar-refractivity contribution is 6.62. The van der Waals surface area contributed by atoms with E-state index in [1.165, 1.54) is 0 Å². The Bertz CT molecular complexity index is 837. The summed E-state index contributed by atoms with van der Waals surface area (Å²) in [6.45, 7) is 9.98. The van der Waals surface area contributed by atoms with Crippen molar-refractivity contribution in [3.63, 3.8) is 0 Å². The van der Waals surface area contributed by atoms with Gasteiger partial charge in [0, 0.05) is 5.69 Å². The van der Waals surface area contributed by atoms with Gasteiger partial charge >= 0.3 is 13.1 Å². The summed E-state index contributed by atoms with van der Waals surface area (Å²) < 4.78 is 12.1. The first-order chi connectivity index (χ1) is 12.6. The highest BCUT2D eigenvalue weighted by Crippen LogP contribution is 2.36. The van der Waals surface area contributed by atoms with Crippen LogP contribution in [0.25, 0.3) is 0 Å². The van der Waals surface area contributed by atoms with Crippen LogP contribution in [0.4, 0.5) is 16.2 Å². The number of halogens is 1. The zero-order chi connectivity index (χ0) is 19.8. The fraction of sp³-hybridized carbons (Fsp3) is 0.350. The molecule has 27 heavy (non-hydrogen) atoms. The van der Waals surface area contributed by atoms with Gasteiger partial charge in [-0.15, -0.1) is 0 Å². The first kappa shape index (κ1) is 19.7. The Morgan fingerprint density at radius 2 is 1.56 bits per heavy atom. The maximum Gasteiger partial charge on any atom is 0.494 e. The summed E-state index contributed by atoms with van der Waals surface area (Å²) in [6.07, 6.45) is 0. The van der Waals surface area contributed by atoms with Crippen molar-refractivity contribution in [1.29, 1.82) is 0 Å². The zero-order valence-corrected chi connectivity index (χ0v) is 17.0. The van der Waals surface area contributed by atoms with Gasteiger partial charge in [0.05, 0.1) is 21.9 Å². The molecule has 1 saturated heterocycles. The van der Waals surface area contributed by atoms with Crippen molar-refractivity contribution in [3.05, 3.63) is 53.1 Å². The topological polar surface area (TPSA) is 59.6 Å². The van der Waals surface area contributed by atoms with Crippen molar-refractivity contribution in [2.75, 3.05) is 10.6 Å². The molecule has 1 aliphatic rings. The van der Waals surface area contributed by atoms with Crippen LogP contribution >= 0.6 is 11.6 Å². The van der Waals surface area contributed by atoms with Crippen LogP contribution in [0.5, 0.6) is 0 Å². The minimum absolute atomic E-state index is 0.369. The van der Waals surface area contributed by atoms with Crippen LogP contribution in [0.15, 0.2) is 42.5 Å². The smallest absolute Gasteiger partial charge is 0.399 e. The summed E-state index contributed by atoms with van der Waals surface area (Å²) in [6, 6.07) is 12.5. The molecule has 0 atom stereocenters. The normalized spacial score (nSPS) is 17.6. The average molecular weight is 387 g/mol. The number of urea groups is 1. The number of rotatable bonds is 3. The van der Waals surface area contributed by atoms with Gasteiger partial charge in [-0.25, -0.2) is 4.79 Å². The molecule has 2 N–H and O–H groups in total. The summed E-state index contributed by atoms with van der Waals surface area (Å²) in [4.78, 5) is 12.3. The average Bonchev–Trinajstić information content (AvgIpc) is 2.79. The van der Waals surface area contributed by atoms with Crippen molar-refractivity contribution in [1.82, 2.24) is 0 Å². The zero-order valence-electron chi connectivity index (χ0n) is 16.2. The van der Waals surface area contributed by atoms with E-state index in [9.17, 15) is 4.79 Å². The lowest BCUT2D eigenvalue weighted by Gasteiger charge is -2.32. The number of amides is 2. The van der Waals surface area contributed by atoms with Crippen LogP contribution in [-0.2, 0) is 9.31 Å². The molecular formula is C20H24BClN2O3. The van der Waals surface area contributed by atoms with E-state index in [2.05, 4.69) is 10.6 Å². The third-order valence-electron chi connectivity index (χ3n) is 5.07. The number of aryl methyl sites for hydroxylation is 1. The van der Waals surface area contributed by atoms with Crippen LogP contribution in [0.1, 0.15) is 33.3 Å². The van der Waals surface area contributed by atoms with E-state index in [1.807, 2.05) is 65.0 Å². The van der Waals surface area contributed by atoms with E-state index in [0.29, 0.717) is 16.4 Å². The number of carbonyl (C=O) groups excluding carboxylic acids is 1. The van der Waals surface area contributed by atoms with Crippen molar-refractivity contribution < 1.29 is 14.1 Å². The van der Waals surface area contributed by atoms with E-state index in [1.54, 1.807) is 12.1 Å². The largest absolute Gasteiger partial charge is 0.494 e. The Kier molecular flexibility index (Phi) is 5.26. The molecular weight excluding hydrogens is 362 g/mol. The second-order valence-electron chi connectivity index (χ2n) is 7.77. The number of anilines is 2. The molecule has 5 nitrogen and oxygen atoms in total. The molecule has 0 spiro atoms. The van der Waals surface area contributed by atoms with Gasteiger partial charge in [-0.1, -0.05) is 35.4 Å². The van der Waals surface area contributed by atoms with Gasteiger partial charge in [0.1, 0.15) is 0 Å². The lowest BCUT2D eigenvalue weighted by Crippen LogP contribution is -2.41. The van der Waals surface area contributed by atoms with E-state index in [0.717, 1.165) is 11.0 Å². The molecule has 0 aromatic heterocycles. The standard InChI is InChI=1S/C20H24BClN2O3/c1-13-6-9-15(10-7-13)23-18(25)24-17-12-14(8-11-16(17)22)21-26-19(2,3)20(4,5)27-21/h6-12H,1-5H3,(H2,23,24,25). The number of carbonyl (C=O) groups is 1. The summed E-state index contributed by atoms with van der Waals surface area (Å²) in [5.74, 6) is 0. The third kappa shape index (κ3) is 4.29. The van der Waals surface area contributed by atoms with Gasteiger partial charge in [-0.2, -0.15) is 0 Å². The van der Waals surface area contributed by atoms with Gasteiger partial charge in [-0.05, 0) is 64.3 Å². The molecule has 142 valence electrons. The number of hydrogen-bond donors (Lipinski definition) is 2. The number of benzene rings is 2. The van der Waals surface area contributed by atoms with Crippen molar-refractivity contribution >= 4 is 41.6 Å². The molecule has 2 amide bonds. The van der Waals surface area contributed by atoms with Gasteiger partial charge in [0.25, 0.3) is 0 Å². The van der Waals surface area contributed by atoms with Gasteiger partial charge in [0.2, 0.25) is 0 Å². The van der Waals surface area contributed by atoms with E-state index in [4.69, 9.17) is 20.9 Å². The Labute approximate surface area is 165 Å². The molecule has 1 fully saturated rings. The lowest BCUT2D eigenvalue weighted by atomic mass is 9.79. The third-order valence-corrected chi connectivity index (χ3v) is 5.40. The lowest BCUT2D eigenvalue weighted by molar-refractivity contribution is 0.00578. The second kappa shape index (κ2) is 7.19. The predicted molar refractivity (Wildman–Crippen MR) is 111 cm³/mol. The van der Waals surface area contributed by atoms with Crippen molar-refractivity contribution in [2.24, 2.45) is 0 Å². The minimum Gasteiger partial charge on any atom is -0.399 e. The first-order valence-electron chi connectivity index (χ1n) is 8.87. The first-order valence-corrected chi connectivity index (χ1v) is 9.25. The number of nitrogens with one attached hydrogen (secondary N) is 2. The summed E-state index contributed by atoms with van der Waals surface area (Å²) in [5.41, 5.74) is 2.24. The molecule has 2 aromatic rings. The SMILES string of the molecule is Cc1ccc(NC(=O)Nc2cc(B3OC(C)(C)C(C)(C)O3)ccc2Cl)cc1. The summed E-state index contributed by atoms with van der Waals surface area (Å²) in [7, 11) is -0.520. The maximum atomic E-state index is 12.3. The van der Waals surface area contributed by atoms with Crippen molar-refractivity contribution in [2.45, 2.75) is 45.8 Å². The molecule has 0 saturated carbocycles. The fourth-order valence-electron chi connectivity index (χ4n) is 2.69. The molecule has 0 radical (unpaired) electrons. The van der Waals surface area contributed by atoms with Gasteiger partial charge < -0.3 is 19.9 Å². The van der Waals surface area contributed by atoms with Crippen LogP contribution in [0, 0.1) is 6.92 Å². The Hall–Kier alpha value is -2.02. The van der Waals surface area contributed by atoms with Gasteiger partial charge in [0.15, 0.2) is 0 Å². The summed E-state index contributed by atoms with van der Waals surface area (Å²) in [5, 5.41) is 6.01. The molecule has 0 bridgehead atoms. The summed E-state index contributed by atoms with van der Waals surface area (Å²) >= 11 is 6.26. The fourth-order valence-corrected chi connectivity index (χ4v) is 2.85. The maximum absolute atomic E-state index is 12.3. The highest BCUT2D eigenvalue weighted by Gasteiger charge is 2.51. The Morgan fingerprint density at radius 3 is 2.15 bits per heavy atom. The van der Waals surface area contributed by atoms with Crippen LogP contribution in [0.3, 0.4) is 0 Å². The van der Waals surface area contributed by atoms with Crippen molar-refractivity contribution in [3.8, 4) is 0 Å². The highest BCUT2D eigenvalue weighted by atomic mass is 35.5. The van der Waals surface area contributed by atoms with E-state index < -0.39 is 18.3 Å². The molecule has 7 heteroatoms. The van der Waals surface area contributed by atoms with Crippen LogP contribution in [-0.4, -0.2) is 24.4 Å². The predicted octanol–water partition coefficient (Wildman–Crippen LogP) is 4.59. The minimum atomic E-state index is -0.520. The molecule has 3 rings (SSSR count). The van der Waals surface area contributed by atoms with E-state index >= 15 is 0 Å². The monoisotopic (exact) mass is 386 g/mol. The molecule has 1 aliphatic heterocycles. The number of hydrogen-bond acceptors (Lipinski definition) is 3. The second-order valence-corrected chi connectivity index (χ2v) is 8.18. The molecule has 0 unspecified atom stereocenters. The molecule has 0 aliphatic carbocycles. The molecule has 1 heterocycles. The van der Waals surface area contributed by atoms with E-state index in [-0.39, 0.29) is 6.03 Å². The Balaban J connectivity index is 1.74. The van der Waals surface area contributed by atoms with Crippen LogP contribution in [0.2, 0.25) is 5.02 Å². The van der Waals surface area contributed by atoms with Gasteiger partial charge in [-0.3, -0.25) is 0 Å². The quantitative estimate of drug-likeness (QED) is 0.758. The van der Waals surface area contributed by atoms with Crippen LogP contribution < -0.4 is 16.1 Å². The molecule has 2 aromatic carbocycles.